The van der Waals surface area contributed by atoms with Crippen molar-refractivity contribution in [2.45, 2.75) is 64.0 Å². The summed E-state index contributed by atoms with van der Waals surface area (Å²) in [7, 11) is -2.99. The second kappa shape index (κ2) is 6.55. The smallest absolute Gasteiger partial charge is 0.211 e. The van der Waals surface area contributed by atoms with Crippen molar-refractivity contribution in [3.63, 3.8) is 0 Å². The average molecular weight is 288 g/mol. The zero-order valence-electron chi connectivity index (χ0n) is 12.3. The molecule has 0 bridgehead atoms. The van der Waals surface area contributed by atoms with E-state index in [1.54, 1.807) is 4.31 Å². The van der Waals surface area contributed by atoms with Gasteiger partial charge in [-0.05, 0) is 31.6 Å². The van der Waals surface area contributed by atoms with E-state index in [9.17, 15) is 8.42 Å². The minimum atomic E-state index is -2.99. The summed E-state index contributed by atoms with van der Waals surface area (Å²) in [5.41, 5.74) is 0. The van der Waals surface area contributed by atoms with Crippen LogP contribution < -0.4 is 5.32 Å². The predicted molar refractivity (Wildman–Crippen MR) is 78.6 cm³/mol. The molecule has 1 heterocycles. The molecule has 112 valence electrons. The highest BCUT2D eigenvalue weighted by Crippen LogP contribution is 2.28. The van der Waals surface area contributed by atoms with Gasteiger partial charge in [0.25, 0.3) is 0 Å². The number of hydrogen-bond donors (Lipinski definition) is 1. The summed E-state index contributed by atoms with van der Waals surface area (Å²) in [5.74, 6) is 0.821. The molecule has 1 saturated heterocycles. The lowest BCUT2D eigenvalue weighted by molar-refractivity contribution is 0.204. The van der Waals surface area contributed by atoms with Crippen molar-refractivity contribution in [2.75, 3.05) is 19.3 Å². The monoisotopic (exact) mass is 288 g/mol. The Morgan fingerprint density at radius 1 is 1.11 bits per heavy atom. The van der Waals surface area contributed by atoms with Gasteiger partial charge in [-0.3, -0.25) is 0 Å². The van der Waals surface area contributed by atoms with Crippen molar-refractivity contribution in [2.24, 2.45) is 5.92 Å². The molecule has 4 nitrogen and oxygen atoms in total. The summed E-state index contributed by atoms with van der Waals surface area (Å²) < 4.78 is 24.6. The fourth-order valence-corrected chi connectivity index (χ4v) is 4.45. The third-order valence-electron chi connectivity index (χ3n) is 4.81. The molecular formula is C14H28N2O2S. The van der Waals surface area contributed by atoms with Gasteiger partial charge in [0, 0.05) is 25.2 Å². The standard InChI is InChI=1S/C14H28N2O2S/c1-3-12-6-4-5-7-14(12)15-13-8-10-16(11-9-13)19(2,17)18/h12-15H,3-11H2,1-2H3. The summed E-state index contributed by atoms with van der Waals surface area (Å²) in [6.45, 7) is 3.65. The fraction of sp³-hybridized carbons (Fsp3) is 1.00. The van der Waals surface area contributed by atoms with Crippen LogP contribution in [0.2, 0.25) is 0 Å². The van der Waals surface area contributed by atoms with Gasteiger partial charge in [-0.25, -0.2) is 12.7 Å². The van der Waals surface area contributed by atoms with Gasteiger partial charge in [-0.1, -0.05) is 26.2 Å². The van der Waals surface area contributed by atoms with Crippen molar-refractivity contribution in [1.82, 2.24) is 9.62 Å². The number of nitrogens with one attached hydrogen (secondary N) is 1. The van der Waals surface area contributed by atoms with Crippen molar-refractivity contribution in [3.05, 3.63) is 0 Å². The van der Waals surface area contributed by atoms with Gasteiger partial charge in [-0.15, -0.1) is 0 Å². The normalized spacial score (nSPS) is 31.5. The maximum Gasteiger partial charge on any atom is 0.211 e. The summed E-state index contributed by atoms with van der Waals surface area (Å²) in [4.78, 5) is 0. The molecule has 2 rings (SSSR count). The van der Waals surface area contributed by atoms with E-state index < -0.39 is 10.0 Å². The Bertz CT molecular complexity index is 375. The van der Waals surface area contributed by atoms with Crippen LogP contribution in [0.4, 0.5) is 0 Å². The van der Waals surface area contributed by atoms with Crippen LogP contribution in [-0.2, 0) is 10.0 Å². The van der Waals surface area contributed by atoms with Crippen LogP contribution in [0.3, 0.4) is 0 Å². The number of hydrogen-bond acceptors (Lipinski definition) is 3. The van der Waals surface area contributed by atoms with E-state index in [-0.39, 0.29) is 0 Å². The van der Waals surface area contributed by atoms with Crippen LogP contribution in [0.25, 0.3) is 0 Å². The zero-order chi connectivity index (χ0) is 13.9. The van der Waals surface area contributed by atoms with Crippen LogP contribution in [0.1, 0.15) is 51.9 Å². The molecule has 1 N–H and O–H groups in total. The molecule has 5 heteroatoms. The summed E-state index contributed by atoms with van der Waals surface area (Å²) in [5, 5.41) is 3.81. The lowest BCUT2D eigenvalue weighted by Crippen LogP contribution is -2.50. The van der Waals surface area contributed by atoms with Crippen molar-refractivity contribution in [3.8, 4) is 0 Å². The number of nitrogens with zero attached hydrogens (tertiary/aromatic N) is 1. The summed E-state index contributed by atoms with van der Waals surface area (Å²) in [6, 6.07) is 1.17. The molecule has 1 saturated carbocycles. The van der Waals surface area contributed by atoms with Gasteiger partial charge in [0.05, 0.1) is 6.26 Å². The molecule has 0 radical (unpaired) electrons. The molecule has 2 aliphatic rings. The minimum Gasteiger partial charge on any atom is -0.311 e. The number of piperidine rings is 1. The largest absolute Gasteiger partial charge is 0.311 e. The highest BCUT2D eigenvalue weighted by molar-refractivity contribution is 7.88. The topological polar surface area (TPSA) is 49.4 Å². The molecule has 19 heavy (non-hydrogen) atoms. The molecule has 0 amide bonds. The number of sulfonamides is 1. The van der Waals surface area contributed by atoms with E-state index in [2.05, 4.69) is 12.2 Å². The van der Waals surface area contributed by atoms with E-state index in [4.69, 9.17) is 0 Å². The zero-order valence-corrected chi connectivity index (χ0v) is 13.1. The van der Waals surface area contributed by atoms with E-state index in [0.717, 1.165) is 18.8 Å². The highest BCUT2D eigenvalue weighted by atomic mass is 32.2. The molecular weight excluding hydrogens is 260 g/mol. The maximum atomic E-state index is 11.5. The van der Waals surface area contributed by atoms with Crippen LogP contribution in [-0.4, -0.2) is 44.2 Å². The summed E-state index contributed by atoms with van der Waals surface area (Å²) in [6.07, 6.45) is 9.87. The molecule has 1 aliphatic heterocycles. The quantitative estimate of drug-likeness (QED) is 0.860. The Labute approximate surface area is 118 Å². The summed E-state index contributed by atoms with van der Waals surface area (Å²) >= 11 is 0. The van der Waals surface area contributed by atoms with Crippen LogP contribution in [0, 0.1) is 5.92 Å². The minimum absolute atomic E-state index is 0.509. The molecule has 0 aromatic heterocycles. The molecule has 0 aromatic rings. The highest BCUT2D eigenvalue weighted by Gasteiger charge is 2.29. The van der Waals surface area contributed by atoms with E-state index in [1.807, 2.05) is 0 Å². The van der Waals surface area contributed by atoms with Gasteiger partial charge < -0.3 is 5.32 Å². The second-order valence-electron chi connectivity index (χ2n) is 6.16. The van der Waals surface area contributed by atoms with Gasteiger partial charge in [-0.2, -0.15) is 0 Å². The van der Waals surface area contributed by atoms with E-state index in [1.165, 1.54) is 38.4 Å². The molecule has 2 fully saturated rings. The van der Waals surface area contributed by atoms with E-state index in [0.29, 0.717) is 25.2 Å². The second-order valence-corrected chi connectivity index (χ2v) is 8.14. The van der Waals surface area contributed by atoms with Crippen LogP contribution >= 0.6 is 0 Å². The van der Waals surface area contributed by atoms with Gasteiger partial charge in [0.2, 0.25) is 10.0 Å². The first-order chi connectivity index (χ1) is 9.00. The maximum absolute atomic E-state index is 11.5. The van der Waals surface area contributed by atoms with Crippen LogP contribution in [0.15, 0.2) is 0 Å². The van der Waals surface area contributed by atoms with Crippen molar-refractivity contribution < 1.29 is 8.42 Å². The van der Waals surface area contributed by atoms with Crippen LogP contribution in [0.5, 0.6) is 0 Å². The predicted octanol–water partition coefficient (Wildman–Crippen LogP) is 1.97. The third kappa shape index (κ3) is 4.17. The molecule has 0 spiro atoms. The molecule has 0 aromatic carbocycles. The van der Waals surface area contributed by atoms with Gasteiger partial charge in [0.1, 0.15) is 0 Å². The Hall–Kier alpha value is -0.130. The van der Waals surface area contributed by atoms with Crippen molar-refractivity contribution >= 4 is 10.0 Å². The van der Waals surface area contributed by atoms with Gasteiger partial charge >= 0.3 is 0 Å². The van der Waals surface area contributed by atoms with Crippen molar-refractivity contribution in [1.29, 1.82) is 0 Å². The first-order valence-corrected chi connectivity index (χ1v) is 9.56. The molecule has 2 atom stereocenters. The number of rotatable bonds is 4. The SMILES string of the molecule is CCC1CCCCC1NC1CCN(S(C)(=O)=O)CC1. The Morgan fingerprint density at radius 3 is 2.32 bits per heavy atom. The lowest BCUT2D eigenvalue weighted by Gasteiger charge is -2.38. The first kappa shape index (κ1) is 15.3. The Kier molecular flexibility index (Phi) is 5.26. The average Bonchev–Trinajstić information content (AvgIpc) is 2.39. The first-order valence-electron chi connectivity index (χ1n) is 7.72. The Balaban J connectivity index is 1.82. The fourth-order valence-electron chi connectivity index (χ4n) is 3.57. The van der Waals surface area contributed by atoms with E-state index >= 15 is 0 Å². The molecule has 2 unspecified atom stereocenters. The third-order valence-corrected chi connectivity index (χ3v) is 6.11. The Morgan fingerprint density at radius 2 is 1.74 bits per heavy atom. The lowest BCUT2D eigenvalue weighted by atomic mass is 9.82. The molecule has 1 aliphatic carbocycles. The van der Waals surface area contributed by atoms with Gasteiger partial charge in [0.15, 0.2) is 0 Å².